The second kappa shape index (κ2) is 6.19. The van der Waals surface area contributed by atoms with E-state index in [4.69, 9.17) is 5.73 Å². The van der Waals surface area contributed by atoms with E-state index in [9.17, 15) is 18.0 Å². The molecule has 0 saturated heterocycles. The summed E-state index contributed by atoms with van der Waals surface area (Å²) in [6, 6.07) is 0.949. The maximum atomic E-state index is 12.8. The minimum Gasteiger partial charge on any atom is -0.332 e. The van der Waals surface area contributed by atoms with Crippen molar-refractivity contribution in [3.8, 4) is 0 Å². The van der Waals surface area contributed by atoms with Gasteiger partial charge in [-0.2, -0.15) is 0 Å². The van der Waals surface area contributed by atoms with Gasteiger partial charge in [0.15, 0.2) is 0 Å². The lowest BCUT2D eigenvalue weighted by molar-refractivity contribution is 0.0562. The van der Waals surface area contributed by atoms with Gasteiger partial charge >= 0.3 is 0 Å². The van der Waals surface area contributed by atoms with E-state index in [0.717, 1.165) is 23.4 Å². The molecule has 0 saturated carbocycles. The molecule has 0 aromatic carbocycles. The third-order valence-corrected chi connectivity index (χ3v) is 2.00. The lowest BCUT2D eigenvalue weighted by Crippen LogP contribution is -2.38. The van der Waals surface area contributed by atoms with Crippen LogP contribution in [-0.4, -0.2) is 41.9 Å². The van der Waals surface area contributed by atoms with Crippen LogP contribution in [0.25, 0.3) is 0 Å². The van der Waals surface area contributed by atoms with E-state index in [1.54, 1.807) is 0 Å². The van der Waals surface area contributed by atoms with E-state index < -0.39 is 24.7 Å². The molecule has 0 aliphatic heterocycles. The third-order valence-electron chi connectivity index (χ3n) is 2.00. The molecule has 1 aromatic rings. The second-order valence-corrected chi connectivity index (χ2v) is 3.32. The molecule has 0 aliphatic carbocycles. The summed E-state index contributed by atoms with van der Waals surface area (Å²) in [5, 5.41) is 0. The number of nitrogens with zero attached hydrogens (tertiary/aromatic N) is 2. The van der Waals surface area contributed by atoms with Crippen LogP contribution < -0.4 is 5.73 Å². The number of hydrogen-bond acceptors (Lipinski definition) is 3. The molecule has 0 spiro atoms. The molecule has 94 valence electrons. The van der Waals surface area contributed by atoms with Gasteiger partial charge in [0, 0.05) is 19.3 Å². The highest BCUT2D eigenvalue weighted by Crippen LogP contribution is 2.07. The molecule has 0 unspecified atom stereocenters. The zero-order valence-corrected chi connectivity index (χ0v) is 8.94. The molecule has 2 N–H and O–H groups in total. The standard InChI is InChI=1S/C10H12F3N3O/c11-8-3-7(4-15-5-8)10(17)16(2-1-14)6-9(12)13/h3-5,9H,1-2,6,14H2. The van der Waals surface area contributed by atoms with Gasteiger partial charge in [-0.15, -0.1) is 0 Å². The number of alkyl halides is 2. The Morgan fingerprint density at radius 1 is 1.47 bits per heavy atom. The van der Waals surface area contributed by atoms with Crippen LogP contribution in [0.3, 0.4) is 0 Å². The predicted molar refractivity (Wildman–Crippen MR) is 55.2 cm³/mol. The fraction of sp³-hybridized carbons (Fsp3) is 0.400. The van der Waals surface area contributed by atoms with Crippen molar-refractivity contribution in [2.45, 2.75) is 6.43 Å². The van der Waals surface area contributed by atoms with Crippen molar-refractivity contribution in [3.05, 3.63) is 29.8 Å². The summed E-state index contributed by atoms with van der Waals surface area (Å²) in [7, 11) is 0. The third kappa shape index (κ3) is 4.03. The Labute approximate surface area is 96.2 Å². The molecule has 0 fully saturated rings. The van der Waals surface area contributed by atoms with Gasteiger partial charge in [0.1, 0.15) is 5.82 Å². The van der Waals surface area contributed by atoms with Crippen molar-refractivity contribution in [2.24, 2.45) is 5.73 Å². The number of halogens is 3. The van der Waals surface area contributed by atoms with Gasteiger partial charge in [-0.25, -0.2) is 13.2 Å². The van der Waals surface area contributed by atoms with Crippen molar-refractivity contribution >= 4 is 5.91 Å². The molecule has 0 bridgehead atoms. The molecular weight excluding hydrogens is 235 g/mol. The summed E-state index contributed by atoms with van der Waals surface area (Å²) >= 11 is 0. The Morgan fingerprint density at radius 3 is 2.71 bits per heavy atom. The number of carbonyl (C=O) groups is 1. The number of rotatable bonds is 5. The normalized spacial score (nSPS) is 10.6. The van der Waals surface area contributed by atoms with E-state index in [-0.39, 0.29) is 18.7 Å². The molecule has 7 heteroatoms. The van der Waals surface area contributed by atoms with Crippen molar-refractivity contribution < 1.29 is 18.0 Å². The molecule has 1 aromatic heterocycles. The van der Waals surface area contributed by atoms with E-state index in [1.807, 2.05) is 0 Å². The van der Waals surface area contributed by atoms with E-state index in [2.05, 4.69) is 4.98 Å². The monoisotopic (exact) mass is 247 g/mol. The molecule has 0 radical (unpaired) electrons. The smallest absolute Gasteiger partial charge is 0.255 e. The first kappa shape index (κ1) is 13.4. The fourth-order valence-electron chi connectivity index (χ4n) is 1.31. The number of amides is 1. The van der Waals surface area contributed by atoms with Gasteiger partial charge in [-0.3, -0.25) is 9.78 Å². The fourth-order valence-corrected chi connectivity index (χ4v) is 1.31. The Bertz CT molecular complexity index is 387. The summed E-state index contributed by atoms with van der Waals surface area (Å²) in [6.45, 7) is -0.687. The number of nitrogens with two attached hydrogens (primary N) is 1. The Hall–Kier alpha value is -1.63. The average Bonchev–Trinajstić information content (AvgIpc) is 2.27. The summed E-state index contributed by atoms with van der Waals surface area (Å²) in [5.74, 6) is -1.40. The molecular formula is C10H12F3N3O. The highest BCUT2D eigenvalue weighted by molar-refractivity contribution is 5.93. The zero-order chi connectivity index (χ0) is 12.8. The second-order valence-electron chi connectivity index (χ2n) is 3.32. The predicted octanol–water partition coefficient (Wildman–Crippen LogP) is 0.887. The molecule has 0 aliphatic rings. The van der Waals surface area contributed by atoms with Gasteiger partial charge in [-0.05, 0) is 6.07 Å². The first-order valence-corrected chi connectivity index (χ1v) is 4.92. The van der Waals surface area contributed by atoms with Gasteiger partial charge in [0.25, 0.3) is 12.3 Å². The van der Waals surface area contributed by atoms with Crippen molar-refractivity contribution in [2.75, 3.05) is 19.6 Å². The van der Waals surface area contributed by atoms with Crippen molar-refractivity contribution in [1.29, 1.82) is 0 Å². The SMILES string of the molecule is NCCN(CC(F)F)C(=O)c1cncc(F)c1. The Kier molecular flexibility index (Phi) is 4.89. The van der Waals surface area contributed by atoms with E-state index in [0.29, 0.717) is 0 Å². The Morgan fingerprint density at radius 2 is 2.18 bits per heavy atom. The van der Waals surface area contributed by atoms with Crippen LogP contribution in [0.15, 0.2) is 18.5 Å². The number of carbonyl (C=O) groups excluding carboxylic acids is 1. The van der Waals surface area contributed by atoms with Gasteiger partial charge < -0.3 is 10.6 Å². The number of hydrogen-bond donors (Lipinski definition) is 1. The average molecular weight is 247 g/mol. The molecule has 0 atom stereocenters. The zero-order valence-electron chi connectivity index (χ0n) is 8.94. The van der Waals surface area contributed by atoms with Crippen LogP contribution in [0, 0.1) is 5.82 Å². The van der Waals surface area contributed by atoms with Crippen molar-refractivity contribution in [1.82, 2.24) is 9.88 Å². The topological polar surface area (TPSA) is 59.2 Å². The molecule has 4 nitrogen and oxygen atoms in total. The quantitative estimate of drug-likeness (QED) is 0.840. The summed E-state index contributed by atoms with van der Waals surface area (Å²) < 4.78 is 37.3. The largest absolute Gasteiger partial charge is 0.332 e. The maximum Gasteiger partial charge on any atom is 0.255 e. The Balaban J connectivity index is 2.83. The van der Waals surface area contributed by atoms with Gasteiger partial charge in [-0.1, -0.05) is 0 Å². The summed E-state index contributed by atoms with van der Waals surface area (Å²) in [4.78, 5) is 16.1. The molecule has 17 heavy (non-hydrogen) atoms. The number of pyridine rings is 1. The maximum absolute atomic E-state index is 12.8. The van der Waals surface area contributed by atoms with Crippen LogP contribution in [0.1, 0.15) is 10.4 Å². The van der Waals surface area contributed by atoms with E-state index in [1.165, 1.54) is 0 Å². The van der Waals surface area contributed by atoms with E-state index >= 15 is 0 Å². The lowest BCUT2D eigenvalue weighted by atomic mass is 10.2. The van der Waals surface area contributed by atoms with Crippen LogP contribution in [0.4, 0.5) is 13.2 Å². The van der Waals surface area contributed by atoms with Crippen LogP contribution in [0.2, 0.25) is 0 Å². The minimum atomic E-state index is -2.66. The van der Waals surface area contributed by atoms with Crippen LogP contribution >= 0.6 is 0 Å². The molecule has 1 rings (SSSR count). The van der Waals surface area contributed by atoms with Gasteiger partial charge in [0.05, 0.1) is 18.3 Å². The van der Waals surface area contributed by atoms with Crippen LogP contribution in [-0.2, 0) is 0 Å². The first-order chi connectivity index (χ1) is 8.04. The lowest BCUT2D eigenvalue weighted by Gasteiger charge is -2.21. The van der Waals surface area contributed by atoms with Crippen LogP contribution in [0.5, 0.6) is 0 Å². The molecule has 1 heterocycles. The number of aromatic nitrogens is 1. The molecule has 1 amide bonds. The van der Waals surface area contributed by atoms with Gasteiger partial charge in [0.2, 0.25) is 0 Å². The minimum absolute atomic E-state index is 0.0142. The first-order valence-electron chi connectivity index (χ1n) is 4.92. The van der Waals surface area contributed by atoms with Crippen molar-refractivity contribution in [3.63, 3.8) is 0 Å². The summed E-state index contributed by atoms with van der Waals surface area (Å²) in [6.07, 6.45) is -0.607. The highest BCUT2D eigenvalue weighted by Gasteiger charge is 2.19. The summed E-state index contributed by atoms with van der Waals surface area (Å²) in [5.41, 5.74) is 5.15. The highest BCUT2D eigenvalue weighted by atomic mass is 19.3.